The SMILES string of the molecule is CN(C)[C@@H]1C(=O)C(C(N)=O)=C(O)[C@@]2(O)C(=O)C3=C(O)c4c(O)ccc(-c5cnc6ccccc6c5)c4C[C@H]3C[C@@H]12. The van der Waals surface area contributed by atoms with Crippen molar-refractivity contribution >= 4 is 34.1 Å². The Morgan fingerprint density at radius 3 is 2.52 bits per heavy atom. The first-order valence-electron chi connectivity index (χ1n) is 12.8. The van der Waals surface area contributed by atoms with Gasteiger partial charge in [-0.1, -0.05) is 24.3 Å². The largest absolute Gasteiger partial charge is 0.508 e. The van der Waals surface area contributed by atoms with Gasteiger partial charge in [0.2, 0.25) is 5.78 Å². The van der Waals surface area contributed by atoms with Crippen LogP contribution in [-0.2, 0) is 20.8 Å². The van der Waals surface area contributed by atoms with Crippen molar-refractivity contribution in [1.29, 1.82) is 0 Å². The molecule has 40 heavy (non-hydrogen) atoms. The summed E-state index contributed by atoms with van der Waals surface area (Å²) < 4.78 is 0. The lowest BCUT2D eigenvalue weighted by atomic mass is 9.57. The topological polar surface area (TPSA) is 174 Å². The lowest BCUT2D eigenvalue weighted by Gasteiger charge is -2.50. The van der Waals surface area contributed by atoms with Crippen molar-refractivity contribution in [3.05, 3.63) is 76.7 Å². The number of fused-ring (bicyclic) bond motifs is 4. The predicted molar refractivity (Wildman–Crippen MR) is 145 cm³/mol. The van der Waals surface area contributed by atoms with E-state index in [2.05, 4.69) is 4.98 Å². The first kappa shape index (κ1) is 25.7. The third-order valence-corrected chi connectivity index (χ3v) is 8.51. The molecule has 0 spiro atoms. The highest BCUT2D eigenvalue weighted by Crippen LogP contribution is 2.53. The van der Waals surface area contributed by atoms with Crippen molar-refractivity contribution in [1.82, 2.24) is 9.88 Å². The zero-order valence-electron chi connectivity index (χ0n) is 21.8. The molecule has 0 unspecified atom stereocenters. The molecular formula is C30H27N3O7. The Morgan fingerprint density at radius 1 is 1.10 bits per heavy atom. The molecule has 0 radical (unpaired) electrons. The number of hydrogen-bond acceptors (Lipinski definition) is 9. The number of aliphatic hydroxyl groups excluding tert-OH is 2. The summed E-state index contributed by atoms with van der Waals surface area (Å²) in [6, 6.07) is 11.6. The normalized spacial score (nSPS) is 26.1. The first-order valence-corrected chi connectivity index (χ1v) is 12.8. The van der Waals surface area contributed by atoms with Crippen LogP contribution >= 0.6 is 0 Å². The summed E-state index contributed by atoms with van der Waals surface area (Å²) in [5, 5.41) is 45.8. The van der Waals surface area contributed by atoms with Crippen LogP contribution in [0.15, 0.2) is 65.6 Å². The fourth-order valence-corrected chi connectivity index (χ4v) is 6.73. The number of primary amides is 1. The molecule has 2 aromatic carbocycles. The van der Waals surface area contributed by atoms with E-state index in [9.17, 15) is 34.8 Å². The molecule has 1 heterocycles. The molecular weight excluding hydrogens is 514 g/mol. The standard InChI is InChI=1S/C30H27N3O7/c1-33(2)24-18-11-14-10-17-16(15-9-13-5-3-4-6-19(13)32-12-15)7-8-20(34)22(17)25(35)21(14)27(37)30(18,40)28(38)23(26(24)36)29(31)39/h3-9,12,14,18,24,34-35,38,40H,10-11H2,1-2H3,(H2,31,39)/t14-,18-,24-,30-/m0/s1. The Hall–Kier alpha value is -4.54. The van der Waals surface area contributed by atoms with Crippen LogP contribution in [0, 0.1) is 11.8 Å². The molecule has 3 aromatic rings. The zero-order chi connectivity index (χ0) is 28.7. The van der Waals surface area contributed by atoms with E-state index in [4.69, 9.17) is 5.73 Å². The van der Waals surface area contributed by atoms with E-state index in [-0.39, 0.29) is 29.7 Å². The number of hydrogen-bond donors (Lipinski definition) is 5. The number of Topliss-reactive ketones (excluding diaryl/α,β-unsaturated/α-hetero) is 2. The third-order valence-electron chi connectivity index (χ3n) is 8.51. The van der Waals surface area contributed by atoms with Gasteiger partial charge in [-0.05, 0) is 62.2 Å². The second-order valence-electron chi connectivity index (χ2n) is 10.9. The van der Waals surface area contributed by atoms with Crippen molar-refractivity contribution in [3.8, 4) is 16.9 Å². The van der Waals surface area contributed by atoms with E-state index >= 15 is 0 Å². The van der Waals surface area contributed by atoms with Crippen LogP contribution < -0.4 is 5.73 Å². The molecule has 1 fully saturated rings. The third kappa shape index (κ3) is 3.36. The Labute approximate surface area is 228 Å². The van der Waals surface area contributed by atoms with Crippen molar-refractivity contribution in [2.45, 2.75) is 24.5 Å². The summed E-state index contributed by atoms with van der Waals surface area (Å²) in [7, 11) is 3.13. The fourth-order valence-electron chi connectivity index (χ4n) is 6.73. The number of benzene rings is 2. The van der Waals surface area contributed by atoms with E-state index in [0.717, 1.165) is 16.5 Å². The van der Waals surface area contributed by atoms with E-state index in [1.54, 1.807) is 26.4 Å². The van der Waals surface area contributed by atoms with Crippen LogP contribution in [0.2, 0.25) is 0 Å². The number of pyridine rings is 1. The van der Waals surface area contributed by atoms with Crippen molar-refractivity contribution in [3.63, 3.8) is 0 Å². The Bertz CT molecular complexity index is 1720. The molecule has 3 aliphatic carbocycles. The van der Waals surface area contributed by atoms with E-state index < -0.39 is 58.0 Å². The molecule has 6 rings (SSSR count). The number of rotatable bonds is 3. The molecule has 204 valence electrons. The minimum absolute atomic E-state index is 0.0246. The van der Waals surface area contributed by atoms with E-state index in [1.807, 2.05) is 30.3 Å². The number of nitrogens with zero attached hydrogens (tertiary/aromatic N) is 2. The van der Waals surface area contributed by atoms with Crippen molar-refractivity contribution in [2.75, 3.05) is 14.1 Å². The number of phenols is 1. The van der Waals surface area contributed by atoms with Gasteiger partial charge in [-0.15, -0.1) is 0 Å². The highest BCUT2D eigenvalue weighted by atomic mass is 16.3. The number of aromatic nitrogens is 1. The molecule has 10 heteroatoms. The van der Waals surface area contributed by atoms with Crippen molar-refractivity contribution < 1.29 is 34.8 Å². The number of aliphatic hydroxyl groups is 3. The van der Waals surface area contributed by atoms with E-state index in [0.29, 0.717) is 11.1 Å². The average Bonchev–Trinajstić information content (AvgIpc) is 2.90. The number of carbonyl (C=O) groups is 3. The Balaban J connectivity index is 1.56. The van der Waals surface area contributed by atoms with Gasteiger partial charge in [0.1, 0.15) is 22.8 Å². The molecule has 3 aliphatic rings. The lowest BCUT2D eigenvalue weighted by molar-refractivity contribution is -0.153. The minimum Gasteiger partial charge on any atom is -0.508 e. The van der Waals surface area contributed by atoms with Crippen LogP contribution in [0.3, 0.4) is 0 Å². The van der Waals surface area contributed by atoms with Gasteiger partial charge in [-0.2, -0.15) is 0 Å². The molecule has 1 saturated carbocycles. The van der Waals surface area contributed by atoms with Gasteiger partial charge < -0.3 is 26.2 Å². The summed E-state index contributed by atoms with van der Waals surface area (Å²) in [5.41, 5.74) is 4.56. The van der Waals surface area contributed by atoms with Crippen LogP contribution in [0.4, 0.5) is 0 Å². The number of aromatic hydroxyl groups is 1. The summed E-state index contributed by atoms with van der Waals surface area (Å²) in [4.78, 5) is 45.3. The van der Waals surface area contributed by atoms with Gasteiger partial charge in [-0.3, -0.25) is 24.3 Å². The maximum absolute atomic E-state index is 14.0. The number of para-hydroxylation sites is 1. The zero-order valence-corrected chi connectivity index (χ0v) is 21.8. The molecule has 1 amide bonds. The molecule has 0 saturated heterocycles. The van der Waals surface area contributed by atoms with Gasteiger partial charge >= 0.3 is 0 Å². The number of ketones is 2. The lowest BCUT2D eigenvalue weighted by Crippen LogP contribution is -2.65. The summed E-state index contributed by atoms with van der Waals surface area (Å²) in [5.74, 6) is -6.77. The number of amides is 1. The van der Waals surface area contributed by atoms with E-state index in [1.165, 1.54) is 11.0 Å². The van der Waals surface area contributed by atoms with Gasteiger partial charge in [0.25, 0.3) is 5.91 Å². The quantitative estimate of drug-likeness (QED) is 0.311. The second kappa shape index (κ2) is 8.73. The summed E-state index contributed by atoms with van der Waals surface area (Å²) >= 11 is 0. The highest BCUT2D eigenvalue weighted by Gasteiger charge is 2.64. The molecule has 6 N–H and O–H groups in total. The molecule has 0 aliphatic heterocycles. The fraction of sp³-hybridized carbons (Fsp3) is 0.267. The Morgan fingerprint density at radius 2 is 1.82 bits per heavy atom. The number of likely N-dealkylation sites (N-methyl/N-ethyl adjacent to an activating group) is 1. The summed E-state index contributed by atoms with van der Waals surface area (Å²) in [6.07, 6.45) is 1.92. The maximum atomic E-state index is 14.0. The number of nitrogens with two attached hydrogens (primary N) is 1. The van der Waals surface area contributed by atoms with Gasteiger partial charge in [0.15, 0.2) is 11.4 Å². The van der Waals surface area contributed by atoms with Crippen LogP contribution in [0.1, 0.15) is 17.5 Å². The van der Waals surface area contributed by atoms with Crippen LogP contribution in [0.25, 0.3) is 27.8 Å². The smallest absolute Gasteiger partial charge is 0.255 e. The minimum atomic E-state index is -2.67. The van der Waals surface area contributed by atoms with Gasteiger partial charge in [0.05, 0.1) is 17.1 Å². The number of carbonyl (C=O) groups excluding carboxylic acids is 3. The average molecular weight is 542 g/mol. The monoisotopic (exact) mass is 541 g/mol. The maximum Gasteiger partial charge on any atom is 0.255 e. The van der Waals surface area contributed by atoms with Crippen molar-refractivity contribution in [2.24, 2.45) is 17.6 Å². The first-order chi connectivity index (χ1) is 19.0. The second-order valence-corrected chi connectivity index (χ2v) is 10.9. The Kier molecular flexibility index (Phi) is 5.62. The summed E-state index contributed by atoms with van der Waals surface area (Å²) in [6.45, 7) is 0. The number of phenolic OH excluding ortho intramolecular Hbond substituents is 1. The molecule has 1 aromatic heterocycles. The molecule has 4 atom stereocenters. The van der Waals surface area contributed by atoms with Gasteiger partial charge in [-0.25, -0.2) is 0 Å². The highest BCUT2D eigenvalue weighted by molar-refractivity contribution is 6.24. The van der Waals surface area contributed by atoms with Crippen LogP contribution in [-0.4, -0.2) is 73.5 Å². The van der Waals surface area contributed by atoms with Gasteiger partial charge in [0, 0.05) is 28.6 Å². The van der Waals surface area contributed by atoms with Crippen LogP contribution in [0.5, 0.6) is 5.75 Å². The molecule has 0 bridgehead atoms. The molecule has 10 nitrogen and oxygen atoms in total. The predicted octanol–water partition coefficient (Wildman–Crippen LogP) is 2.18.